The highest BCUT2D eigenvalue weighted by Gasteiger charge is 2.31. The molecule has 1 aromatic heterocycles. The number of carbonyl (C=O) groups excluding carboxylic acids is 1. The largest absolute Gasteiger partial charge is 0.385 e. The Balaban J connectivity index is 1.88. The molecule has 0 aliphatic carbocycles. The first kappa shape index (κ1) is 18.8. The first-order chi connectivity index (χ1) is 12.9. The van der Waals surface area contributed by atoms with Crippen LogP contribution < -0.4 is 10.2 Å². The molecule has 1 aliphatic rings. The van der Waals surface area contributed by atoms with Crippen LogP contribution in [-0.4, -0.2) is 45.6 Å². The van der Waals surface area contributed by atoms with Gasteiger partial charge in [-0.3, -0.25) is 14.9 Å². The Morgan fingerprint density at radius 3 is 2.89 bits per heavy atom. The van der Waals surface area contributed by atoms with Crippen molar-refractivity contribution in [2.75, 3.05) is 25.0 Å². The molecule has 0 spiro atoms. The van der Waals surface area contributed by atoms with Gasteiger partial charge in [-0.05, 0) is 18.9 Å². The molecule has 0 saturated carbocycles. The van der Waals surface area contributed by atoms with Gasteiger partial charge in [0.2, 0.25) is 0 Å². The summed E-state index contributed by atoms with van der Waals surface area (Å²) < 4.78 is 1.80. The van der Waals surface area contributed by atoms with Crippen LogP contribution in [0.4, 0.5) is 11.4 Å². The van der Waals surface area contributed by atoms with E-state index in [4.69, 9.17) is 0 Å². The number of carbonyl (C=O) groups is 1. The normalized spacial score (nSPS) is 18.2. The van der Waals surface area contributed by atoms with Gasteiger partial charge in [-0.25, -0.2) is 4.98 Å². The van der Waals surface area contributed by atoms with E-state index in [-0.39, 0.29) is 23.1 Å². The number of aliphatic hydroxyl groups is 1. The van der Waals surface area contributed by atoms with Crippen molar-refractivity contribution in [3.8, 4) is 0 Å². The molecule has 1 aromatic carbocycles. The highest BCUT2D eigenvalue weighted by molar-refractivity contribution is 6.00. The Morgan fingerprint density at radius 2 is 2.26 bits per heavy atom. The van der Waals surface area contributed by atoms with E-state index in [1.807, 2.05) is 11.9 Å². The van der Waals surface area contributed by atoms with Crippen LogP contribution in [0.25, 0.3) is 0 Å². The summed E-state index contributed by atoms with van der Waals surface area (Å²) in [5.74, 6) is 0.185. The summed E-state index contributed by atoms with van der Waals surface area (Å²) in [6.07, 6.45) is 4.41. The molecule has 144 valence electrons. The number of nitro groups is 1. The van der Waals surface area contributed by atoms with Crippen molar-refractivity contribution in [2.24, 2.45) is 13.0 Å². The zero-order chi connectivity index (χ0) is 19.6. The van der Waals surface area contributed by atoms with Gasteiger partial charge in [0.05, 0.1) is 16.2 Å². The number of hydrogen-bond donors (Lipinski definition) is 2. The Bertz CT molecular complexity index is 850. The summed E-state index contributed by atoms with van der Waals surface area (Å²) in [4.78, 5) is 29.1. The molecule has 27 heavy (non-hydrogen) atoms. The Labute approximate surface area is 156 Å². The lowest BCUT2D eigenvalue weighted by molar-refractivity contribution is -0.384. The zero-order valence-corrected chi connectivity index (χ0v) is 15.3. The SMILES string of the molecule is CNC(=O)c1cc([N+](=O)[O-])ccc1N1CCCC(C(O)c2nccn2C)C1. The standard InChI is InChI=1S/C18H23N5O4/c1-19-18(25)14-10-13(23(26)27)5-6-15(14)22-8-3-4-12(11-22)16(24)17-20-7-9-21(17)2/h5-7,9-10,12,16,24H,3-4,8,11H2,1-2H3,(H,19,25). The molecule has 0 bridgehead atoms. The van der Waals surface area contributed by atoms with Crippen molar-refractivity contribution in [3.05, 3.63) is 52.1 Å². The van der Waals surface area contributed by atoms with E-state index in [1.165, 1.54) is 19.2 Å². The van der Waals surface area contributed by atoms with Crippen LogP contribution in [0.2, 0.25) is 0 Å². The minimum absolute atomic E-state index is 0.0485. The summed E-state index contributed by atoms with van der Waals surface area (Å²) >= 11 is 0. The second-order valence-corrected chi connectivity index (χ2v) is 6.73. The van der Waals surface area contributed by atoms with Gasteiger partial charge in [0.1, 0.15) is 11.9 Å². The second kappa shape index (κ2) is 7.75. The van der Waals surface area contributed by atoms with Crippen LogP contribution in [0.15, 0.2) is 30.6 Å². The highest BCUT2D eigenvalue weighted by Crippen LogP contribution is 2.33. The van der Waals surface area contributed by atoms with Gasteiger partial charge in [0.15, 0.2) is 0 Å². The number of nitro benzene ring substituents is 1. The summed E-state index contributed by atoms with van der Waals surface area (Å²) in [5.41, 5.74) is 0.773. The molecule has 3 rings (SSSR count). The van der Waals surface area contributed by atoms with E-state index in [1.54, 1.807) is 23.0 Å². The lowest BCUT2D eigenvalue weighted by Crippen LogP contribution is -2.39. The summed E-state index contributed by atoms with van der Waals surface area (Å²) in [6.45, 7) is 1.25. The maximum absolute atomic E-state index is 12.3. The van der Waals surface area contributed by atoms with Gasteiger partial charge in [-0.2, -0.15) is 0 Å². The third-order valence-electron chi connectivity index (χ3n) is 5.03. The van der Waals surface area contributed by atoms with Gasteiger partial charge in [-0.1, -0.05) is 0 Å². The van der Waals surface area contributed by atoms with E-state index in [9.17, 15) is 20.0 Å². The maximum atomic E-state index is 12.3. The number of nitrogens with one attached hydrogen (secondary N) is 1. The molecule has 9 heteroatoms. The fourth-order valence-corrected chi connectivity index (χ4v) is 3.59. The van der Waals surface area contributed by atoms with Crippen LogP contribution >= 0.6 is 0 Å². The van der Waals surface area contributed by atoms with Crippen LogP contribution in [-0.2, 0) is 7.05 Å². The molecule has 2 atom stereocenters. The number of piperidine rings is 1. The smallest absolute Gasteiger partial charge is 0.270 e. The fraction of sp³-hybridized carbons (Fsp3) is 0.444. The van der Waals surface area contributed by atoms with E-state index < -0.39 is 11.0 Å². The number of aromatic nitrogens is 2. The maximum Gasteiger partial charge on any atom is 0.270 e. The third kappa shape index (κ3) is 3.77. The van der Waals surface area contributed by atoms with E-state index in [0.717, 1.165) is 12.8 Å². The molecule has 1 aliphatic heterocycles. The van der Waals surface area contributed by atoms with Gasteiger partial charge in [0, 0.05) is 57.6 Å². The van der Waals surface area contributed by atoms with Gasteiger partial charge in [0.25, 0.3) is 11.6 Å². The van der Waals surface area contributed by atoms with Crippen molar-refractivity contribution in [3.63, 3.8) is 0 Å². The second-order valence-electron chi connectivity index (χ2n) is 6.73. The minimum atomic E-state index is -0.714. The van der Waals surface area contributed by atoms with Crippen LogP contribution in [0, 0.1) is 16.0 Å². The number of amides is 1. The summed E-state index contributed by atoms with van der Waals surface area (Å²) in [5, 5.41) is 24.4. The number of rotatable bonds is 5. The third-order valence-corrected chi connectivity index (χ3v) is 5.03. The molecule has 0 radical (unpaired) electrons. The number of aryl methyl sites for hydroxylation is 1. The molecular formula is C18H23N5O4. The lowest BCUT2D eigenvalue weighted by Gasteiger charge is -2.37. The number of aliphatic hydroxyl groups excluding tert-OH is 1. The van der Waals surface area contributed by atoms with Gasteiger partial charge in [-0.15, -0.1) is 0 Å². The molecule has 2 N–H and O–H groups in total. The quantitative estimate of drug-likeness (QED) is 0.608. The minimum Gasteiger partial charge on any atom is -0.385 e. The van der Waals surface area contributed by atoms with E-state index in [2.05, 4.69) is 10.3 Å². The molecule has 9 nitrogen and oxygen atoms in total. The van der Waals surface area contributed by atoms with E-state index >= 15 is 0 Å². The summed E-state index contributed by atoms with van der Waals surface area (Å²) in [6, 6.07) is 4.31. The zero-order valence-electron chi connectivity index (χ0n) is 15.3. The predicted molar refractivity (Wildman–Crippen MR) is 99.6 cm³/mol. The number of non-ortho nitro benzene ring substituents is 1. The Morgan fingerprint density at radius 1 is 1.48 bits per heavy atom. The van der Waals surface area contributed by atoms with Crippen molar-refractivity contribution >= 4 is 17.3 Å². The Hall–Kier alpha value is -2.94. The van der Waals surface area contributed by atoms with Crippen molar-refractivity contribution in [1.29, 1.82) is 0 Å². The van der Waals surface area contributed by atoms with Crippen LogP contribution in [0.1, 0.15) is 35.1 Å². The number of imidazole rings is 1. The molecule has 2 heterocycles. The molecular weight excluding hydrogens is 350 g/mol. The highest BCUT2D eigenvalue weighted by atomic mass is 16.6. The first-order valence-corrected chi connectivity index (χ1v) is 8.83. The van der Waals surface area contributed by atoms with Gasteiger partial charge >= 0.3 is 0 Å². The molecule has 1 fully saturated rings. The van der Waals surface area contributed by atoms with E-state index in [0.29, 0.717) is 24.6 Å². The molecule has 2 unspecified atom stereocenters. The van der Waals surface area contributed by atoms with Crippen molar-refractivity contribution in [2.45, 2.75) is 18.9 Å². The number of benzene rings is 1. The Kier molecular flexibility index (Phi) is 5.41. The molecule has 1 saturated heterocycles. The molecule has 1 amide bonds. The lowest BCUT2D eigenvalue weighted by atomic mass is 9.91. The first-order valence-electron chi connectivity index (χ1n) is 8.83. The van der Waals surface area contributed by atoms with Crippen molar-refractivity contribution in [1.82, 2.24) is 14.9 Å². The van der Waals surface area contributed by atoms with Crippen molar-refractivity contribution < 1.29 is 14.8 Å². The predicted octanol–water partition coefficient (Wildman–Crippen LogP) is 1.64. The topological polar surface area (TPSA) is 114 Å². The monoisotopic (exact) mass is 373 g/mol. The summed E-state index contributed by atoms with van der Waals surface area (Å²) in [7, 11) is 3.33. The number of hydrogen-bond acceptors (Lipinski definition) is 6. The van der Waals surface area contributed by atoms with Crippen LogP contribution in [0.5, 0.6) is 0 Å². The molecule has 2 aromatic rings. The number of anilines is 1. The number of nitrogens with zero attached hydrogens (tertiary/aromatic N) is 4. The van der Waals surface area contributed by atoms with Crippen LogP contribution in [0.3, 0.4) is 0 Å². The average Bonchev–Trinajstić information content (AvgIpc) is 3.12. The van der Waals surface area contributed by atoms with Gasteiger partial charge < -0.3 is 19.9 Å². The fourth-order valence-electron chi connectivity index (χ4n) is 3.59. The average molecular weight is 373 g/mol.